The van der Waals surface area contributed by atoms with Crippen LogP contribution in [0.5, 0.6) is 0 Å². The molecule has 3 saturated carbocycles. The van der Waals surface area contributed by atoms with Gasteiger partial charge in [-0.1, -0.05) is 12.5 Å². The van der Waals surface area contributed by atoms with Gasteiger partial charge >= 0.3 is 5.97 Å². The molecule has 4 rings (SSSR count). The minimum atomic E-state index is -0.910. The Hall–Kier alpha value is -1.20. The monoisotopic (exact) mass is 376 g/mol. The molecule has 0 saturated heterocycles. The summed E-state index contributed by atoms with van der Waals surface area (Å²) in [6.07, 6.45) is 2.57. The maximum atomic E-state index is 13.8. The van der Waals surface area contributed by atoms with E-state index in [4.69, 9.17) is 9.47 Å². The lowest BCUT2D eigenvalue weighted by Crippen LogP contribution is -2.78. The summed E-state index contributed by atoms with van der Waals surface area (Å²) in [6.45, 7) is 10.2. The first-order valence-electron chi connectivity index (χ1n) is 10.3. The van der Waals surface area contributed by atoms with Crippen molar-refractivity contribution in [1.82, 2.24) is 0 Å². The molecule has 0 bridgehead atoms. The zero-order valence-electron chi connectivity index (χ0n) is 17.1. The maximum absolute atomic E-state index is 13.8. The molecule has 2 unspecified atom stereocenters. The highest BCUT2D eigenvalue weighted by Crippen LogP contribution is 2.80. The van der Waals surface area contributed by atoms with E-state index in [2.05, 4.69) is 13.8 Å². The van der Waals surface area contributed by atoms with Gasteiger partial charge < -0.3 is 14.6 Å². The van der Waals surface area contributed by atoms with Crippen molar-refractivity contribution in [3.8, 4) is 0 Å². The average molecular weight is 376 g/mol. The zero-order valence-corrected chi connectivity index (χ0v) is 17.1. The maximum Gasteiger partial charge on any atom is 0.303 e. The molecule has 7 atom stereocenters. The van der Waals surface area contributed by atoms with Gasteiger partial charge in [0.1, 0.15) is 0 Å². The summed E-state index contributed by atoms with van der Waals surface area (Å²) in [5.74, 6) is -0.0890. The number of aliphatic hydroxyl groups is 1. The van der Waals surface area contributed by atoms with Crippen LogP contribution >= 0.6 is 0 Å². The van der Waals surface area contributed by atoms with Crippen LogP contribution in [0.3, 0.4) is 0 Å². The number of carbonyl (C=O) groups is 2. The van der Waals surface area contributed by atoms with Crippen LogP contribution in [0.25, 0.3) is 0 Å². The van der Waals surface area contributed by atoms with E-state index in [0.717, 1.165) is 31.3 Å². The molecule has 0 aromatic carbocycles. The van der Waals surface area contributed by atoms with Crippen LogP contribution in [0.4, 0.5) is 0 Å². The van der Waals surface area contributed by atoms with E-state index in [9.17, 15) is 14.7 Å². The minimum Gasteiger partial charge on any atom is -0.450 e. The van der Waals surface area contributed by atoms with Crippen molar-refractivity contribution in [3.05, 3.63) is 11.1 Å². The SMILES string of the molecule is CCO[C@@H]1C[C@H](O)[C@@]2(C)C(=O)[C@H](OC(C)=O)C3=C(C)CCC4CC2(C1)[C@@]34C. The molecule has 4 aliphatic carbocycles. The van der Waals surface area contributed by atoms with Crippen molar-refractivity contribution in [2.24, 2.45) is 22.2 Å². The van der Waals surface area contributed by atoms with Crippen molar-refractivity contribution in [3.63, 3.8) is 0 Å². The predicted octanol–water partition coefficient (Wildman–Crippen LogP) is 3.19. The Morgan fingerprint density at radius 1 is 1.26 bits per heavy atom. The predicted molar refractivity (Wildman–Crippen MR) is 99.9 cm³/mol. The van der Waals surface area contributed by atoms with E-state index in [1.54, 1.807) is 0 Å². The van der Waals surface area contributed by atoms with E-state index in [0.29, 0.717) is 18.9 Å². The number of allylic oxidation sites excluding steroid dienone is 1. The number of hydrogen-bond donors (Lipinski definition) is 1. The molecule has 0 aliphatic heterocycles. The number of rotatable bonds is 3. The summed E-state index contributed by atoms with van der Waals surface area (Å²) in [5.41, 5.74) is 0.740. The molecular formula is C22H32O5. The van der Waals surface area contributed by atoms with Crippen molar-refractivity contribution in [2.45, 2.75) is 85.0 Å². The van der Waals surface area contributed by atoms with Gasteiger partial charge in [0.2, 0.25) is 0 Å². The lowest BCUT2D eigenvalue weighted by atomic mass is 9.26. The van der Waals surface area contributed by atoms with E-state index >= 15 is 0 Å². The molecule has 5 heteroatoms. The Kier molecular flexibility index (Phi) is 4.18. The Morgan fingerprint density at radius 2 is 1.96 bits per heavy atom. The zero-order chi connectivity index (χ0) is 19.8. The summed E-state index contributed by atoms with van der Waals surface area (Å²) in [5, 5.41) is 11.2. The quantitative estimate of drug-likeness (QED) is 0.605. The van der Waals surface area contributed by atoms with Gasteiger partial charge in [-0.3, -0.25) is 9.59 Å². The number of ketones is 1. The second kappa shape index (κ2) is 5.90. The molecule has 0 radical (unpaired) electrons. The first-order valence-corrected chi connectivity index (χ1v) is 10.3. The van der Waals surface area contributed by atoms with Gasteiger partial charge in [0.05, 0.1) is 17.6 Å². The first kappa shape index (κ1) is 19.1. The summed E-state index contributed by atoms with van der Waals surface area (Å²) < 4.78 is 11.6. The fourth-order valence-corrected chi connectivity index (χ4v) is 7.41. The number of aliphatic hydroxyl groups excluding tert-OH is 1. The fraction of sp³-hybridized carbons (Fsp3) is 0.818. The summed E-state index contributed by atoms with van der Waals surface area (Å²) in [7, 11) is 0. The standard InChI is InChI=1S/C22H32O5/c1-6-26-15-9-16(24)21(5)19(25)18(27-13(3)23)17-12(2)7-8-14-10-22(21,11-15)20(14,17)4/h14-16,18,24H,6-11H2,1-5H3/t14?,15-,16+,18-,20-,21+,22?/m1/s1. The van der Waals surface area contributed by atoms with Crippen LogP contribution in [0, 0.1) is 22.2 Å². The molecule has 27 heavy (non-hydrogen) atoms. The van der Waals surface area contributed by atoms with Crippen LogP contribution < -0.4 is 0 Å². The normalized spacial score (nSPS) is 48.4. The molecule has 1 spiro atoms. The molecule has 0 aromatic heterocycles. The van der Waals surface area contributed by atoms with E-state index in [1.807, 2.05) is 13.8 Å². The molecule has 0 amide bonds. The number of esters is 1. The topological polar surface area (TPSA) is 72.8 Å². The molecule has 0 aromatic rings. The van der Waals surface area contributed by atoms with Crippen LogP contribution in [-0.2, 0) is 19.1 Å². The van der Waals surface area contributed by atoms with Gasteiger partial charge in [0, 0.05) is 25.4 Å². The number of hydrogen-bond acceptors (Lipinski definition) is 5. The van der Waals surface area contributed by atoms with Gasteiger partial charge in [0.25, 0.3) is 0 Å². The van der Waals surface area contributed by atoms with Crippen LogP contribution in [0.2, 0.25) is 0 Å². The molecule has 0 heterocycles. The van der Waals surface area contributed by atoms with Gasteiger partial charge in [-0.05, 0) is 63.4 Å². The van der Waals surface area contributed by atoms with Crippen molar-refractivity contribution in [2.75, 3.05) is 6.61 Å². The van der Waals surface area contributed by atoms with Crippen molar-refractivity contribution < 1.29 is 24.2 Å². The highest BCUT2D eigenvalue weighted by molar-refractivity contribution is 5.97. The fourth-order valence-electron chi connectivity index (χ4n) is 7.41. The Bertz CT molecular complexity index is 726. The van der Waals surface area contributed by atoms with Crippen LogP contribution in [0.1, 0.15) is 66.7 Å². The Morgan fingerprint density at radius 3 is 2.59 bits per heavy atom. The minimum absolute atomic E-state index is 0.0302. The molecule has 3 fully saturated rings. The number of carbonyl (C=O) groups excluding carboxylic acids is 2. The summed E-state index contributed by atoms with van der Waals surface area (Å²) in [4.78, 5) is 25.6. The van der Waals surface area contributed by atoms with Gasteiger partial charge in [-0.25, -0.2) is 0 Å². The van der Waals surface area contributed by atoms with Gasteiger partial charge in [-0.2, -0.15) is 0 Å². The number of ether oxygens (including phenoxy) is 2. The molecule has 150 valence electrons. The molecular weight excluding hydrogens is 344 g/mol. The summed E-state index contributed by atoms with van der Waals surface area (Å²) in [6, 6.07) is 0. The van der Waals surface area contributed by atoms with Gasteiger partial charge in [-0.15, -0.1) is 0 Å². The highest BCUT2D eigenvalue weighted by Gasteiger charge is 2.80. The Labute approximate surface area is 161 Å². The average Bonchev–Trinajstić information content (AvgIpc) is 2.58. The third kappa shape index (κ3) is 2.08. The lowest BCUT2D eigenvalue weighted by Gasteiger charge is -2.77. The van der Waals surface area contributed by atoms with E-state index in [-0.39, 0.29) is 22.7 Å². The van der Waals surface area contributed by atoms with E-state index in [1.165, 1.54) is 12.5 Å². The van der Waals surface area contributed by atoms with E-state index < -0.39 is 23.6 Å². The third-order valence-electron chi connectivity index (χ3n) is 8.71. The molecule has 5 nitrogen and oxygen atoms in total. The number of Topliss-reactive ketones (excluding diaryl/α,β-unsaturated/α-hetero) is 1. The summed E-state index contributed by atoms with van der Waals surface area (Å²) >= 11 is 0. The largest absolute Gasteiger partial charge is 0.450 e. The second-order valence-corrected chi connectivity index (χ2v) is 9.51. The molecule has 1 N–H and O–H groups in total. The van der Waals surface area contributed by atoms with Crippen molar-refractivity contribution in [1.29, 1.82) is 0 Å². The van der Waals surface area contributed by atoms with Crippen molar-refractivity contribution >= 4 is 11.8 Å². The van der Waals surface area contributed by atoms with Crippen LogP contribution in [-0.4, -0.2) is 41.8 Å². The lowest BCUT2D eigenvalue weighted by molar-refractivity contribution is -0.277. The Balaban J connectivity index is 1.90. The van der Waals surface area contributed by atoms with Crippen LogP contribution in [0.15, 0.2) is 11.1 Å². The first-order chi connectivity index (χ1) is 12.6. The second-order valence-electron chi connectivity index (χ2n) is 9.51. The smallest absolute Gasteiger partial charge is 0.303 e. The molecule has 4 aliphatic rings. The van der Waals surface area contributed by atoms with Gasteiger partial charge in [0.15, 0.2) is 11.9 Å². The third-order valence-corrected chi connectivity index (χ3v) is 8.71. The highest BCUT2D eigenvalue weighted by atomic mass is 16.5.